The number of carbonyl (C=O) groups excluding carboxylic acids is 2. The lowest BCUT2D eigenvalue weighted by Crippen LogP contribution is -2.46. The van der Waals surface area contributed by atoms with Crippen LogP contribution in [0.5, 0.6) is 0 Å². The summed E-state index contributed by atoms with van der Waals surface area (Å²) in [6, 6.07) is 7.65. The fourth-order valence-electron chi connectivity index (χ4n) is 5.23. The molecule has 9 nitrogen and oxygen atoms in total. The number of fused-ring (bicyclic) bond motifs is 4. The van der Waals surface area contributed by atoms with Crippen LogP contribution >= 0.6 is 15.9 Å². The Balaban J connectivity index is 1.34. The summed E-state index contributed by atoms with van der Waals surface area (Å²) in [4.78, 5) is 40.7. The van der Waals surface area contributed by atoms with Crippen molar-refractivity contribution in [3.8, 4) is 0 Å². The van der Waals surface area contributed by atoms with Crippen LogP contribution < -0.4 is 11.1 Å². The van der Waals surface area contributed by atoms with Gasteiger partial charge in [-0.25, -0.2) is 15.0 Å². The van der Waals surface area contributed by atoms with Crippen molar-refractivity contribution in [2.75, 3.05) is 11.1 Å². The Kier molecular flexibility index (Phi) is 5.37. The Bertz CT molecular complexity index is 1590. The van der Waals surface area contributed by atoms with E-state index < -0.39 is 17.8 Å². The first-order valence-corrected chi connectivity index (χ1v) is 12.3. The van der Waals surface area contributed by atoms with Gasteiger partial charge in [-0.2, -0.15) is 13.2 Å². The Hall–Kier alpha value is -3.74. The fourth-order valence-corrected chi connectivity index (χ4v) is 5.57. The quantitative estimate of drug-likeness (QED) is 0.356. The van der Waals surface area contributed by atoms with Crippen LogP contribution in [0.15, 0.2) is 47.3 Å². The number of nitrogens with two attached hydrogens (primary N) is 1. The first-order chi connectivity index (χ1) is 17.6. The molecule has 0 bridgehead atoms. The van der Waals surface area contributed by atoms with Crippen molar-refractivity contribution in [2.24, 2.45) is 5.92 Å². The molecule has 1 aliphatic carbocycles. The molecule has 0 spiro atoms. The first-order valence-electron chi connectivity index (χ1n) is 11.5. The van der Waals surface area contributed by atoms with E-state index in [1.807, 2.05) is 0 Å². The topological polar surface area (TPSA) is 119 Å². The monoisotopic (exact) mass is 573 g/mol. The van der Waals surface area contributed by atoms with Crippen molar-refractivity contribution < 1.29 is 22.8 Å². The number of amides is 2. The minimum absolute atomic E-state index is 0.0164. The number of nitrogens with zero attached hydrogens (tertiary/aromatic N) is 5. The number of nitrogen functional groups attached to an aromatic ring is 1. The van der Waals surface area contributed by atoms with Crippen molar-refractivity contribution in [3.63, 3.8) is 0 Å². The molecule has 0 radical (unpaired) electrons. The second kappa shape index (κ2) is 8.40. The standard InChI is InChI=1S/C24H19BrF3N7O2/c25-17-2-1-3-18(32-17)33-23(37)16-7-11-6-15(11)35(16)19(36)9-34-14-5-4-12(24(26,27)28)8-13(14)20-21(29)30-10-31-22(20)34/h1-5,8,10-11,15-16H,6-7,9H2,(H2,29,30,31)(H,32,33,37)/t11-,15?,16+/m1/s1. The molecule has 2 amide bonds. The number of piperidine rings is 1. The van der Waals surface area contributed by atoms with Crippen LogP contribution in [0.2, 0.25) is 0 Å². The van der Waals surface area contributed by atoms with Gasteiger partial charge in [0.05, 0.1) is 16.5 Å². The normalized spacial score (nSPS) is 20.9. The van der Waals surface area contributed by atoms with Crippen LogP contribution in [0.25, 0.3) is 21.9 Å². The maximum absolute atomic E-state index is 13.6. The third kappa shape index (κ3) is 4.06. The molecular formula is C24H19BrF3N7O2. The number of anilines is 2. The smallest absolute Gasteiger partial charge is 0.383 e. The number of aromatic nitrogens is 4. The molecule has 190 valence electrons. The van der Waals surface area contributed by atoms with E-state index in [1.54, 1.807) is 23.1 Å². The third-order valence-corrected chi connectivity index (χ3v) is 7.39. The number of alkyl halides is 3. The molecule has 6 rings (SSSR count). The highest BCUT2D eigenvalue weighted by atomic mass is 79.9. The second-order valence-electron chi connectivity index (χ2n) is 9.22. The number of nitrogens with one attached hydrogen (secondary N) is 1. The van der Waals surface area contributed by atoms with E-state index in [0.29, 0.717) is 22.4 Å². The molecule has 3 atom stereocenters. The van der Waals surface area contributed by atoms with Crippen LogP contribution in [0.3, 0.4) is 0 Å². The Labute approximate surface area is 216 Å². The highest BCUT2D eigenvalue weighted by Crippen LogP contribution is 2.48. The molecular weight excluding hydrogens is 555 g/mol. The molecule has 1 saturated heterocycles. The van der Waals surface area contributed by atoms with Crippen molar-refractivity contribution in [2.45, 2.75) is 37.6 Å². The Morgan fingerprint density at radius 3 is 2.73 bits per heavy atom. The molecule has 1 aliphatic heterocycles. The zero-order valence-electron chi connectivity index (χ0n) is 19.0. The van der Waals surface area contributed by atoms with Gasteiger partial charge in [-0.15, -0.1) is 0 Å². The van der Waals surface area contributed by atoms with Gasteiger partial charge in [0, 0.05) is 11.4 Å². The molecule has 2 aliphatic rings. The maximum atomic E-state index is 13.6. The van der Waals surface area contributed by atoms with Gasteiger partial charge in [0.15, 0.2) is 0 Å². The molecule has 3 N–H and O–H groups in total. The van der Waals surface area contributed by atoms with E-state index >= 15 is 0 Å². The van der Waals surface area contributed by atoms with Gasteiger partial charge in [0.25, 0.3) is 0 Å². The highest BCUT2D eigenvalue weighted by Gasteiger charge is 2.56. The average Bonchev–Trinajstić information content (AvgIpc) is 3.38. The third-order valence-electron chi connectivity index (χ3n) is 6.95. The number of rotatable bonds is 4. The average molecular weight is 574 g/mol. The molecule has 2 fully saturated rings. The van der Waals surface area contributed by atoms with Crippen molar-refractivity contribution >= 4 is 61.3 Å². The van der Waals surface area contributed by atoms with Crippen molar-refractivity contribution in [1.29, 1.82) is 0 Å². The zero-order valence-corrected chi connectivity index (χ0v) is 20.6. The van der Waals surface area contributed by atoms with E-state index in [1.165, 1.54) is 17.0 Å². The van der Waals surface area contributed by atoms with E-state index in [4.69, 9.17) is 5.73 Å². The van der Waals surface area contributed by atoms with E-state index in [2.05, 4.69) is 36.2 Å². The minimum atomic E-state index is -4.55. The predicted molar refractivity (Wildman–Crippen MR) is 132 cm³/mol. The molecule has 37 heavy (non-hydrogen) atoms. The fraction of sp³-hybridized carbons (Fsp3) is 0.292. The minimum Gasteiger partial charge on any atom is -0.383 e. The van der Waals surface area contributed by atoms with Gasteiger partial charge in [-0.1, -0.05) is 6.07 Å². The van der Waals surface area contributed by atoms with Gasteiger partial charge < -0.3 is 20.5 Å². The van der Waals surface area contributed by atoms with E-state index in [-0.39, 0.29) is 52.6 Å². The molecule has 1 aromatic carbocycles. The summed E-state index contributed by atoms with van der Waals surface area (Å²) in [7, 11) is 0. The van der Waals surface area contributed by atoms with Gasteiger partial charge in [0.1, 0.15) is 40.8 Å². The number of hydrogen-bond donors (Lipinski definition) is 2. The number of carbonyl (C=O) groups is 2. The maximum Gasteiger partial charge on any atom is 0.416 e. The Morgan fingerprint density at radius 1 is 1.16 bits per heavy atom. The van der Waals surface area contributed by atoms with Crippen LogP contribution in [0, 0.1) is 5.92 Å². The summed E-state index contributed by atoms with van der Waals surface area (Å²) in [6.07, 6.45) is -2.01. The van der Waals surface area contributed by atoms with Crippen molar-refractivity contribution in [1.82, 2.24) is 24.4 Å². The molecule has 3 aromatic heterocycles. The molecule has 1 unspecified atom stereocenters. The summed E-state index contributed by atoms with van der Waals surface area (Å²) >= 11 is 3.27. The number of benzene rings is 1. The summed E-state index contributed by atoms with van der Waals surface area (Å²) < 4.78 is 42.3. The lowest BCUT2D eigenvalue weighted by Gasteiger charge is -2.27. The van der Waals surface area contributed by atoms with Crippen LogP contribution in [-0.2, 0) is 22.3 Å². The van der Waals surface area contributed by atoms with E-state index in [0.717, 1.165) is 18.6 Å². The van der Waals surface area contributed by atoms with Gasteiger partial charge >= 0.3 is 6.18 Å². The van der Waals surface area contributed by atoms with E-state index in [9.17, 15) is 22.8 Å². The molecule has 13 heteroatoms. The number of likely N-dealkylation sites (tertiary alicyclic amines) is 1. The lowest BCUT2D eigenvalue weighted by molar-refractivity contribution is -0.138. The van der Waals surface area contributed by atoms with Crippen LogP contribution in [0.4, 0.5) is 24.8 Å². The molecule has 4 aromatic rings. The van der Waals surface area contributed by atoms with Crippen LogP contribution in [-0.4, -0.2) is 48.3 Å². The summed E-state index contributed by atoms with van der Waals surface area (Å²) in [6.45, 7) is -0.218. The molecule has 1 saturated carbocycles. The predicted octanol–water partition coefficient (Wildman–Crippen LogP) is 3.97. The Morgan fingerprint density at radius 2 is 1.97 bits per heavy atom. The summed E-state index contributed by atoms with van der Waals surface area (Å²) in [5.74, 6) is -0.0521. The van der Waals surface area contributed by atoms with Crippen molar-refractivity contribution in [3.05, 3.63) is 52.9 Å². The number of pyridine rings is 1. The van der Waals surface area contributed by atoms with Gasteiger partial charge in [-0.05, 0) is 65.0 Å². The van der Waals surface area contributed by atoms with Gasteiger partial charge in [0.2, 0.25) is 11.8 Å². The number of hydrogen-bond acceptors (Lipinski definition) is 6. The summed E-state index contributed by atoms with van der Waals surface area (Å²) in [5.41, 5.74) is 5.80. The SMILES string of the molecule is Nc1ncnc2c1c1cc(C(F)(F)F)ccc1n2CC(=O)N1C2C[C@@H]2C[C@H]1C(=O)Nc1cccc(Br)n1. The van der Waals surface area contributed by atoms with Gasteiger partial charge in [-0.3, -0.25) is 9.59 Å². The lowest BCUT2D eigenvalue weighted by atomic mass is 10.1. The molecule has 4 heterocycles. The first kappa shape index (κ1) is 23.6. The second-order valence-corrected chi connectivity index (χ2v) is 10.0. The van der Waals surface area contributed by atoms with Crippen LogP contribution in [0.1, 0.15) is 18.4 Å². The highest BCUT2D eigenvalue weighted by molar-refractivity contribution is 9.10. The summed E-state index contributed by atoms with van der Waals surface area (Å²) in [5, 5.41) is 3.22. The number of halogens is 4. The largest absolute Gasteiger partial charge is 0.416 e. The zero-order chi connectivity index (χ0) is 26.1.